The normalized spacial score (nSPS) is 26.8. The van der Waals surface area contributed by atoms with Gasteiger partial charge in [0, 0.05) is 12.7 Å². The number of carbonyl (C=O) groups excluding carboxylic acids is 1. The lowest BCUT2D eigenvalue weighted by Crippen LogP contribution is -2.28. The summed E-state index contributed by atoms with van der Waals surface area (Å²) >= 11 is 0. The molecule has 0 heterocycles. The highest BCUT2D eigenvalue weighted by Crippen LogP contribution is 2.30. The van der Waals surface area contributed by atoms with E-state index in [-0.39, 0.29) is 12.1 Å². The highest BCUT2D eigenvalue weighted by atomic mass is 16.5. The topological polar surface area (TPSA) is 38.3 Å². The first kappa shape index (κ1) is 13.9. The second-order valence-corrected chi connectivity index (χ2v) is 5.77. The molecule has 1 saturated carbocycles. The van der Waals surface area contributed by atoms with Crippen LogP contribution in [0.5, 0.6) is 0 Å². The maximum absolute atomic E-state index is 12.1. The van der Waals surface area contributed by atoms with Crippen LogP contribution in [0.15, 0.2) is 24.3 Å². The molecule has 1 aliphatic carbocycles. The van der Waals surface area contributed by atoms with Crippen molar-refractivity contribution in [1.29, 1.82) is 0 Å². The molecule has 1 aromatic carbocycles. The number of hydrogen-bond donors (Lipinski definition) is 1. The van der Waals surface area contributed by atoms with E-state index in [9.17, 15) is 4.79 Å². The van der Waals surface area contributed by atoms with E-state index >= 15 is 0 Å². The first-order valence-electron chi connectivity index (χ1n) is 7.07. The molecule has 0 bridgehead atoms. The van der Waals surface area contributed by atoms with E-state index in [0.717, 1.165) is 18.5 Å². The van der Waals surface area contributed by atoms with Crippen LogP contribution in [0.3, 0.4) is 0 Å². The molecule has 0 aromatic heterocycles. The lowest BCUT2D eigenvalue weighted by atomic mass is 9.82. The van der Waals surface area contributed by atoms with Crippen LogP contribution in [-0.4, -0.2) is 19.1 Å². The maximum atomic E-state index is 12.1. The standard InChI is InChI=1S/C16H23NO2/c1-11-8-12(2)10-15(9-11)19-16(18)13-4-6-14(17-3)7-5-13/h4-7,11-12,15,17H,8-10H2,1-3H3. The zero-order valence-corrected chi connectivity index (χ0v) is 12.0. The van der Waals surface area contributed by atoms with Gasteiger partial charge in [0.1, 0.15) is 6.10 Å². The molecular weight excluding hydrogens is 238 g/mol. The molecule has 0 saturated heterocycles. The fourth-order valence-corrected chi connectivity index (χ4v) is 2.96. The molecule has 104 valence electrons. The zero-order chi connectivity index (χ0) is 13.8. The second kappa shape index (κ2) is 6.09. The summed E-state index contributed by atoms with van der Waals surface area (Å²) in [5.41, 5.74) is 1.63. The Morgan fingerprint density at radius 3 is 2.21 bits per heavy atom. The van der Waals surface area contributed by atoms with Crippen LogP contribution in [0.25, 0.3) is 0 Å². The summed E-state index contributed by atoms with van der Waals surface area (Å²) in [6.07, 6.45) is 3.30. The minimum Gasteiger partial charge on any atom is -0.459 e. The Balaban J connectivity index is 1.96. The minimum absolute atomic E-state index is 0.0789. The number of esters is 1. The molecule has 2 atom stereocenters. The molecule has 0 radical (unpaired) electrons. The molecule has 19 heavy (non-hydrogen) atoms. The largest absolute Gasteiger partial charge is 0.459 e. The van der Waals surface area contributed by atoms with Gasteiger partial charge in [0.2, 0.25) is 0 Å². The van der Waals surface area contributed by atoms with Gasteiger partial charge in [0.25, 0.3) is 0 Å². The van der Waals surface area contributed by atoms with Crippen molar-refractivity contribution in [1.82, 2.24) is 0 Å². The van der Waals surface area contributed by atoms with Gasteiger partial charge in [0.05, 0.1) is 5.56 Å². The molecule has 0 amide bonds. The van der Waals surface area contributed by atoms with E-state index in [4.69, 9.17) is 4.74 Å². The molecule has 1 fully saturated rings. The van der Waals surface area contributed by atoms with Crippen LogP contribution in [-0.2, 0) is 4.74 Å². The van der Waals surface area contributed by atoms with Gasteiger partial charge >= 0.3 is 5.97 Å². The number of rotatable bonds is 3. The smallest absolute Gasteiger partial charge is 0.338 e. The van der Waals surface area contributed by atoms with Crippen LogP contribution in [0.2, 0.25) is 0 Å². The monoisotopic (exact) mass is 261 g/mol. The van der Waals surface area contributed by atoms with Gasteiger partial charge in [-0.3, -0.25) is 0 Å². The maximum Gasteiger partial charge on any atom is 0.338 e. The Morgan fingerprint density at radius 1 is 1.11 bits per heavy atom. The number of benzene rings is 1. The van der Waals surface area contributed by atoms with Crippen molar-refractivity contribution in [2.24, 2.45) is 11.8 Å². The molecule has 1 aliphatic rings. The average Bonchev–Trinajstić information content (AvgIpc) is 2.37. The van der Waals surface area contributed by atoms with Gasteiger partial charge < -0.3 is 10.1 Å². The SMILES string of the molecule is CNc1ccc(C(=O)OC2CC(C)CC(C)C2)cc1. The van der Waals surface area contributed by atoms with Crippen LogP contribution in [0.1, 0.15) is 43.5 Å². The average molecular weight is 261 g/mol. The number of carbonyl (C=O) groups is 1. The Hall–Kier alpha value is -1.51. The molecule has 1 N–H and O–H groups in total. The Bertz CT molecular complexity index is 417. The van der Waals surface area contributed by atoms with Crippen LogP contribution in [0.4, 0.5) is 5.69 Å². The van der Waals surface area contributed by atoms with Crippen molar-refractivity contribution in [2.75, 3.05) is 12.4 Å². The van der Waals surface area contributed by atoms with E-state index in [1.807, 2.05) is 31.3 Å². The van der Waals surface area contributed by atoms with E-state index in [1.165, 1.54) is 6.42 Å². The summed E-state index contributed by atoms with van der Waals surface area (Å²) in [7, 11) is 1.86. The zero-order valence-electron chi connectivity index (χ0n) is 12.0. The summed E-state index contributed by atoms with van der Waals surface area (Å²) in [6.45, 7) is 4.47. The molecule has 0 aliphatic heterocycles. The first-order valence-corrected chi connectivity index (χ1v) is 7.07. The third kappa shape index (κ3) is 3.72. The summed E-state index contributed by atoms with van der Waals surface area (Å²) < 4.78 is 5.63. The lowest BCUT2D eigenvalue weighted by molar-refractivity contribution is 0.00806. The molecule has 3 nitrogen and oxygen atoms in total. The fraction of sp³-hybridized carbons (Fsp3) is 0.562. The molecule has 3 heteroatoms. The second-order valence-electron chi connectivity index (χ2n) is 5.77. The molecular formula is C16H23NO2. The van der Waals surface area contributed by atoms with Crippen LogP contribution in [0, 0.1) is 11.8 Å². The van der Waals surface area contributed by atoms with Crippen molar-refractivity contribution in [3.8, 4) is 0 Å². The van der Waals surface area contributed by atoms with Crippen molar-refractivity contribution in [3.05, 3.63) is 29.8 Å². The van der Waals surface area contributed by atoms with Gasteiger partial charge in [-0.1, -0.05) is 13.8 Å². The van der Waals surface area contributed by atoms with E-state index in [0.29, 0.717) is 17.4 Å². The third-order valence-corrected chi connectivity index (χ3v) is 3.82. The van der Waals surface area contributed by atoms with E-state index in [1.54, 1.807) is 0 Å². The molecule has 2 unspecified atom stereocenters. The van der Waals surface area contributed by atoms with Crippen molar-refractivity contribution < 1.29 is 9.53 Å². The minimum atomic E-state index is -0.200. The van der Waals surface area contributed by atoms with E-state index < -0.39 is 0 Å². The van der Waals surface area contributed by atoms with Gasteiger partial charge in [-0.15, -0.1) is 0 Å². The summed E-state index contributed by atoms with van der Waals surface area (Å²) in [5, 5.41) is 3.03. The third-order valence-electron chi connectivity index (χ3n) is 3.82. The van der Waals surface area contributed by atoms with Crippen molar-refractivity contribution in [2.45, 2.75) is 39.2 Å². The first-order chi connectivity index (χ1) is 9.08. The molecule has 2 rings (SSSR count). The summed E-state index contributed by atoms with van der Waals surface area (Å²) in [4.78, 5) is 12.1. The van der Waals surface area contributed by atoms with Gasteiger partial charge in [-0.2, -0.15) is 0 Å². The Morgan fingerprint density at radius 2 is 1.68 bits per heavy atom. The predicted octanol–water partition coefficient (Wildman–Crippen LogP) is 3.71. The lowest BCUT2D eigenvalue weighted by Gasteiger charge is -2.31. The van der Waals surface area contributed by atoms with Gasteiger partial charge in [0.15, 0.2) is 0 Å². The van der Waals surface area contributed by atoms with Gasteiger partial charge in [-0.25, -0.2) is 4.79 Å². The number of hydrogen-bond acceptors (Lipinski definition) is 3. The predicted molar refractivity (Wildman–Crippen MR) is 77.4 cm³/mol. The highest BCUT2D eigenvalue weighted by molar-refractivity contribution is 5.89. The van der Waals surface area contributed by atoms with Crippen molar-refractivity contribution in [3.63, 3.8) is 0 Å². The number of ether oxygens (including phenoxy) is 1. The molecule has 1 aromatic rings. The van der Waals surface area contributed by atoms with Crippen molar-refractivity contribution >= 4 is 11.7 Å². The number of nitrogens with one attached hydrogen (secondary N) is 1. The summed E-state index contributed by atoms with van der Waals surface area (Å²) in [5.74, 6) is 1.09. The van der Waals surface area contributed by atoms with Crippen LogP contribution >= 0.6 is 0 Å². The molecule has 0 spiro atoms. The quantitative estimate of drug-likeness (QED) is 0.843. The highest BCUT2D eigenvalue weighted by Gasteiger charge is 2.26. The Kier molecular flexibility index (Phi) is 4.46. The van der Waals surface area contributed by atoms with E-state index in [2.05, 4.69) is 19.2 Å². The van der Waals surface area contributed by atoms with Gasteiger partial charge in [-0.05, 0) is 55.4 Å². The fourth-order valence-electron chi connectivity index (χ4n) is 2.96. The Labute approximate surface area is 115 Å². The number of anilines is 1. The van der Waals surface area contributed by atoms with Crippen LogP contribution < -0.4 is 5.32 Å². The summed E-state index contributed by atoms with van der Waals surface area (Å²) in [6, 6.07) is 7.40.